The van der Waals surface area contributed by atoms with Gasteiger partial charge in [0.15, 0.2) is 0 Å². The fourth-order valence-electron chi connectivity index (χ4n) is 3.62. The molecule has 0 saturated carbocycles. The fourth-order valence-corrected chi connectivity index (χ4v) is 3.62. The Bertz CT molecular complexity index is 447. The summed E-state index contributed by atoms with van der Waals surface area (Å²) in [4.78, 5) is 25.6. The third-order valence-corrected chi connectivity index (χ3v) is 5.35. The first-order valence-corrected chi connectivity index (χ1v) is 11.2. The van der Waals surface area contributed by atoms with Crippen molar-refractivity contribution in [2.75, 3.05) is 13.1 Å². The van der Waals surface area contributed by atoms with Crippen LogP contribution in [0.15, 0.2) is 12.2 Å². The number of ether oxygens (including phenoxy) is 1. The zero-order chi connectivity index (χ0) is 19.9. The normalized spacial score (nSPS) is 15.2. The number of carbonyl (C=O) groups excluding carboxylic acids is 2. The summed E-state index contributed by atoms with van der Waals surface area (Å²) in [7, 11) is 0. The number of carbonyl (C=O) groups is 2. The second kappa shape index (κ2) is 14.7. The Morgan fingerprint density at radius 2 is 1.59 bits per heavy atom. The largest absolute Gasteiger partial charge is 0.457 e. The van der Waals surface area contributed by atoms with Gasteiger partial charge in [-0.3, -0.25) is 4.79 Å². The molecule has 1 heterocycles. The van der Waals surface area contributed by atoms with E-state index in [9.17, 15) is 9.59 Å². The summed E-state index contributed by atoms with van der Waals surface area (Å²) in [6.07, 6.45) is 16.5. The van der Waals surface area contributed by atoms with Crippen molar-refractivity contribution in [3.05, 3.63) is 12.2 Å². The maximum atomic E-state index is 11.9. The van der Waals surface area contributed by atoms with E-state index in [1.54, 1.807) is 6.92 Å². The van der Waals surface area contributed by atoms with E-state index < -0.39 is 0 Å². The summed E-state index contributed by atoms with van der Waals surface area (Å²) in [5.74, 6) is -0.153. The van der Waals surface area contributed by atoms with Crippen LogP contribution in [0.5, 0.6) is 0 Å². The molecule has 1 fully saturated rings. The van der Waals surface area contributed by atoms with Crippen LogP contribution in [0.3, 0.4) is 0 Å². The first-order chi connectivity index (χ1) is 13.0. The van der Waals surface area contributed by atoms with Crippen LogP contribution in [-0.2, 0) is 14.3 Å². The molecule has 1 aliphatic rings. The van der Waals surface area contributed by atoms with Crippen molar-refractivity contribution >= 4 is 11.9 Å². The van der Waals surface area contributed by atoms with Crippen molar-refractivity contribution in [2.45, 2.75) is 110 Å². The highest BCUT2D eigenvalue weighted by atomic mass is 16.5. The van der Waals surface area contributed by atoms with E-state index in [0.717, 1.165) is 25.8 Å². The number of nitrogens with zero attached hydrogens (tertiary/aromatic N) is 1. The number of esters is 1. The molecule has 0 aliphatic carbocycles. The molecular formula is C23H41NO3. The third kappa shape index (κ3) is 11.2. The van der Waals surface area contributed by atoms with Gasteiger partial charge < -0.3 is 9.64 Å². The minimum Gasteiger partial charge on any atom is -0.457 e. The summed E-state index contributed by atoms with van der Waals surface area (Å²) < 4.78 is 5.58. The van der Waals surface area contributed by atoms with Gasteiger partial charge in [0.05, 0.1) is 6.54 Å². The molecule has 0 aromatic rings. The van der Waals surface area contributed by atoms with Crippen LogP contribution in [0.25, 0.3) is 0 Å². The van der Waals surface area contributed by atoms with Crippen molar-refractivity contribution in [2.24, 2.45) is 0 Å². The molecule has 0 spiro atoms. The summed E-state index contributed by atoms with van der Waals surface area (Å²) in [5.41, 5.74) is 0.423. The zero-order valence-corrected chi connectivity index (χ0v) is 17.8. The van der Waals surface area contributed by atoms with E-state index in [1.165, 1.54) is 64.2 Å². The molecule has 156 valence electrons. The van der Waals surface area contributed by atoms with Gasteiger partial charge in [0.2, 0.25) is 5.91 Å². The molecule has 1 unspecified atom stereocenters. The van der Waals surface area contributed by atoms with Gasteiger partial charge in [-0.05, 0) is 26.2 Å². The quantitative estimate of drug-likeness (QED) is 0.193. The summed E-state index contributed by atoms with van der Waals surface area (Å²) in [6, 6.07) is 0. The number of rotatable bonds is 16. The van der Waals surface area contributed by atoms with Crippen LogP contribution in [0.4, 0.5) is 0 Å². The second-order valence-corrected chi connectivity index (χ2v) is 8.08. The standard InChI is InChI=1S/C23H41NO3/c1-4-5-6-7-8-9-10-11-12-13-14-16-21(27-23(26)20(2)3)19-24-18-15-17-22(24)25/h21H,2,4-19H2,1,3H3. The molecule has 0 aromatic carbocycles. The number of amides is 1. The Balaban J connectivity index is 2.16. The Labute approximate surface area is 166 Å². The first kappa shape index (κ1) is 23.7. The first-order valence-electron chi connectivity index (χ1n) is 11.2. The van der Waals surface area contributed by atoms with E-state index in [-0.39, 0.29) is 18.0 Å². The highest BCUT2D eigenvalue weighted by Gasteiger charge is 2.25. The topological polar surface area (TPSA) is 46.6 Å². The second-order valence-electron chi connectivity index (χ2n) is 8.08. The minimum atomic E-state index is -0.338. The summed E-state index contributed by atoms with van der Waals surface area (Å²) >= 11 is 0. The summed E-state index contributed by atoms with van der Waals surface area (Å²) in [6.45, 7) is 8.91. The highest BCUT2D eigenvalue weighted by molar-refractivity contribution is 5.87. The lowest BCUT2D eigenvalue weighted by atomic mass is 10.0. The Morgan fingerprint density at radius 3 is 2.07 bits per heavy atom. The van der Waals surface area contributed by atoms with Gasteiger partial charge in [-0.25, -0.2) is 4.79 Å². The third-order valence-electron chi connectivity index (χ3n) is 5.35. The molecule has 0 aromatic heterocycles. The predicted molar refractivity (Wildman–Crippen MR) is 112 cm³/mol. The molecule has 1 amide bonds. The molecule has 1 atom stereocenters. The number of hydrogen-bond donors (Lipinski definition) is 0. The molecular weight excluding hydrogens is 338 g/mol. The van der Waals surface area contributed by atoms with Gasteiger partial charge in [-0.15, -0.1) is 0 Å². The molecule has 27 heavy (non-hydrogen) atoms. The van der Waals surface area contributed by atoms with Gasteiger partial charge in [0.1, 0.15) is 6.10 Å². The van der Waals surface area contributed by atoms with Crippen LogP contribution in [0, 0.1) is 0 Å². The SMILES string of the molecule is C=C(C)C(=O)OC(CCCCCCCCCCCCC)CN1CCCC1=O. The fraction of sp³-hybridized carbons (Fsp3) is 0.826. The van der Waals surface area contributed by atoms with E-state index in [2.05, 4.69) is 13.5 Å². The van der Waals surface area contributed by atoms with Crippen molar-refractivity contribution < 1.29 is 14.3 Å². The van der Waals surface area contributed by atoms with Gasteiger partial charge in [-0.2, -0.15) is 0 Å². The lowest BCUT2D eigenvalue weighted by Crippen LogP contribution is -2.36. The van der Waals surface area contributed by atoms with E-state index in [1.807, 2.05) is 4.90 Å². The number of hydrogen-bond acceptors (Lipinski definition) is 3. The lowest BCUT2D eigenvalue weighted by molar-refractivity contribution is -0.147. The summed E-state index contributed by atoms with van der Waals surface area (Å²) in [5, 5.41) is 0. The van der Waals surface area contributed by atoms with Crippen LogP contribution in [-0.4, -0.2) is 36.0 Å². The van der Waals surface area contributed by atoms with Crippen LogP contribution < -0.4 is 0 Å². The molecule has 1 aliphatic heterocycles. The van der Waals surface area contributed by atoms with Crippen molar-refractivity contribution in [1.29, 1.82) is 0 Å². The highest BCUT2D eigenvalue weighted by Crippen LogP contribution is 2.17. The van der Waals surface area contributed by atoms with Crippen molar-refractivity contribution in [3.63, 3.8) is 0 Å². The smallest absolute Gasteiger partial charge is 0.333 e. The molecule has 4 heteroatoms. The van der Waals surface area contributed by atoms with E-state index in [4.69, 9.17) is 4.74 Å². The van der Waals surface area contributed by atoms with Crippen molar-refractivity contribution in [3.8, 4) is 0 Å². The van der Waals surface area contributed by atoms with Gasteiger partial charge in [-0.1, -0.05) is 77.7 Å². The molecule has 0 N–H and O–H groups in total. The van der Waals surface area contributed by atoms with Crippen LogP contribution in [0.2, 0.25) is 0 Å². The van der Waals surface area contributed by atoms with E-state index in [0.29, 0.717) is 18.5 Å². The van der Waals surface area contributed by atoms with Gasteiger partial charge >= 0.3 is 5.97 Å². The number of unbranched alkanes of at least 4 members (excludes halogenated alkanes) is 10. The monoisotopic (exact) mass is 379 g/mol. The van der Waals surface area contributed by atoms with Crippen LogP contribution >= 0.6 is 0 Å². The van der Waals surface area contributed by atoms with Gasteiger partial charge in [0, 0.05) is 18.5 Å². The maximum absolute atomic E-state index is 11.9. The Hall–Kier alpha value is -1.32. The minimum absolute atomic E-state index is 0.185. The van der Waals surface area contributed by atoms with Crippen molar-refractivity contribution in [1.82, 2.24) is 4.90 Å². The molecule has 0 bridgehead atoms. The molecule has 0 radical (unpaired) electrons. The molecule has 4 nitrogen and oxygen atoms in total. The van der Waals surface area contributed by atoms with E-state index >= 15 is 0 Å². The zero-order valence-electron chi connectivity index (χ0n) is 17.8. The number of likely N-dealkylation sites (tertiary alicyclic amines) is 1. The average Bonchev–Trinajstić information content (AvgIpc) is 3.04. The van der Waals surface area contributed by atoms with Gasteiger partial charge in [0.25, 0.3) is 0 Å². The molecule has 1 rings (SSSR count). The lowest BCUT2D eigenvalue weighted by Gasteiger charge is -2.24. The Kier molecular flexibility index (Phi) is 12.9. The maximum Gasteiger partial charge on any atom is 0.333 e. The molecule has 1 saturated heterocycles. The van der Waals surface area contributed by atoms with Crippen LogP contribution in [0.1, 0.15) is 104 Å². The predicted octanol–water partition coefficient (Wildman–Crippen LogP) is 5.80. The Morgan fingerprint density at radius 1 is 1.04 bits per heavy atom. The average molecular weight is 380 g/mol.